The Bertz CT molecular complexity index is 2250. The average Bonchev–Trinajstić information content (AvgIpc) is 3.54. The van der Waals surface area contributed by atoms with Crippen LogP contribution in [0.2, 0.25) is 0 Å². The van der Waals surface area contributed by atoms with Gasteiger partial charge in [-0.3, -0.25) is 0 Å². The molecule has 1 spiro atoms. The first kappa shape index (κ1) is 31.1. The van der Waals surface area contributed by atoms with Crippen molar-refractivity contribution in [2.24, 2.45) is 0 Å². The van der Waals surface area contributed by atoms with Crippen LogP contribution in [-0.2, 0) is 16.2 Å². The Kier molecular flexibility index (Phi) is 7.05. The van der Waals surface area contributed by atoms with Crippen LogP contribution >= 0.6 is 0 Å². The second kappa shape index (κ2) is 11.3. The number of hydrogen-bond donors (Lipinski definition) is 0. The first-order valence-electron chi connectivity index (χ1n) is 18.7. The van der Waals surface area contributed by atoms with E-state index in [0.29, 0.717) is 0 Å². The van der Waals surface area contributed by atoms with Crippen LogP contribution in [-0.4, -0.2) is 0 Å². The molecule has 3 aliphatic rings. The molecule has 0 radical (unpaired) electrons. The van der Waals surface area contributed by atoms with Gasteiger partial charge in [0, 0.05) is 27.8 Å². The van der Waals surface area contributed by atoms with Gasteiger partial charge in [0.15, 0.2) is 0 Å². The maximum absolute atomic E-state index is 2.56. The van der Waals surface area contributed by atoms with E-state index in [9.17, 15) is 0 Å². The van der Waals surface area contributed by atoms with Gasteiger partial charge in [-0.25, -0.2) is 0 Å². The highest BCUT2D eigenvalue weighted by atomic mass is 15.1. The smallest absolute Gasteiger partial charge is 0.0540 e. The number of benzene rings is 6. The van der Waals surface area contributed by atoms with Gasteiger partial charge in [0.25, 0.3) is 0 Å². The van der Waals surface area contributed by atoms with Gasteiger partial charge < -0.3 is 4.90 Å². The molecule has 0 atom stereocenters. The summed E-state index contributed by atoms with van der Waals surface area (Å²) < 4.78 is 0. The summed E-state index contributed by atoms with van der Waals surface area (Å²) in [7, 11) is 0. The van der Waals surface area contributed by atoms with Crippen LogP contribution in [0, 0.1) is 0 Å². The molecule has 0 bridgehead atoms. The Hall–Kier alpha value is -4.88. The predicted octanol–water partition coefficient (Wildman–Crippen LogP) is 13.7. The van der Waals surface area contributed by atoms with Gasteiger partial charge in [-0.15, -0.1) is 0 Å². The summed E-state index contributed by atoms with van der Waals surface area (Å²) in [5.41, 5.74) is 19.1. The maximum Gasteiger partial charge on any atom is 0.0540 e. The van der Waals surface area contributed by atoms with Crippen molar-refractivity contribution in [3.63, 3.8) is 0 Å². The summed E-state index contributed by atoms with van der Waals surface area (Å²) in [6.07, 6.45) is 6.36. The summed E-state index contributed by atoms with van der Waals surface area (Å²) in [5, 5.41) is 0. The highest BCUT2D eigenvalue weighted by Crippen LogP contribution is 2.58. The van der Waals surface area contributed by atoms with Crippen LogP contribution in [0.25, 0.3) is 33.4 Å². The van der Waals surface area contributed by atoms with Crippen molar-refractivity contribution in [1.29, 1.82) is 0 Å². The fraction of sp³-hybridized carbons (Fsp3) is 0.265. The molecule has 0 heterocycles. The molecule has 6 aromatic carbocycles. The van der Waals surface area contributed by atoms with E-state index in [4.69, 9.17) is 0 Å². The number of anilines is 3. The lowest BCUT2D eigenvalue weighted by Gasteiger charge is -2.37. The Balaban J connectivity index is 1.27. The molecule has 0 N–H and O–H groups in total. The van der Waals surface area contributed by atoms with Gasteiger partial charge >= 0.3 is 0 Å². The monoisotopic (exact) mass is 649 g/mol. The lowest BCUT2D eigenvalue weighted by molar-refractivity contribution is 0.353. The molecule has 0 aliphatic heterocycles. The normalized spacial score (nSPS) is 16.4. The Labute approximate surface area is 298 Å². The van der Waals surface area contributed by atoms with Gasteiger partial charge in [0.1, 0.15) is 0 Å². The Morgan fingerprint density at radius 2 is 1.02 bits per heavy atom. The Morgan fingerprint density at radius 1 is 0.480 bits per heavy atom. The molecule has 50 heavy (non-hydrogen) atoms. The zero-order chi connectivity index (χ0) is 34.3. The van der Waals surface area contributed by atoms with Crippen LogP contribution in [0.3, 0.4) is 0 Å². The van der Waals surface area contributed by atoms with Gasteiger partial charge in [-0.2, -0.15) is 0 Å². The number of para-hydroxylation sites is 1. The third-order valence-electron chi connectivity index (χ3n) is 12.2. The molecule has 1 saturated carbocycles. The minimum absolute atomic E-state index is 0.0825. The molecule has 0 saturated heterocycles. The fourth-order valence-corrected chi connectivity index (χ4v) is 9.78. The van der Waals surface area contributed by atoms with Crippen molar-refractivity contribution in [3.05, 3.63) is 161 Å². The maximum atomic E-state index is 2.56. The van der Waals surface area contributed by atoms with E-state index in [2.05, 4.69) is 173 Å². The van der Waals surface area contributed by atoms with E-state index in [1.54, 1.807) is 0 Å². The molecule has 1 fully saturated rings. The van der Waals surface area contributed by atoms with Crippen molar-refractivity contribution in [1.82, 2.24) is 0 Å². The van der Waals surface area contributed by atoms with Crippen molar-refractivity contribution < 1.29 is 0 Å². The zero-order valence-electron chi connectivity index (χ0n) is 30.2. The molecule has 0 unspecified atom stereocenters. The molecule has 6 aromatic rings. The van der Waals surface area contributed by atoms with Gasteiger partial charge in [0.2, 0.25) is 0 Å². The van der Waals surface area contributed by atoms with Crippen LogP contribution in [0.4, 0.5) is 17.1 Å². The first-order chi connectivity index (χ1) is 24.2. The van der Waals surface area contributed by atoms with Crippen LogP contribution in [0.15, 0.2) is 133 Å². The fourth-order valence-electron chi connectivity index (χ4n) is 9.78. The van der Waals surface area contributed by atoms with Crippen molar-refractivity contribution in [3.8, 4) is 33.4 Å². The third kappa shape index (κ3) is 4.59. The summed E-state index contributed by atoms with van der Waals surface area (Å²) in [6.45, 7) is 11.7. The minimum atomic E-state index is -0.110. The van der Waals surface area contributed by atoms with E-state index < -0.39 is 0 Å². The van der Waals surface area contributed by atoms with E-state index in [1.807, 2.05) is 0 Å². The molecule has 0 amide bonds. The summed E-state index contributed by atoms with van der Waals surface area (Å²) >= 11 is 0. The Morgan fingerprint density at radius 3 is 1.72 bits per heavy atom. The number of rotatable bonds is 4. The lowest BCUT2D eigenvalue weighted by Crippen LogP contribution is -2.28. The summed E-state index contributed by atoms with van der Waals surface area (Å²) in [6, 6.07) is 50.9. The standard InChI is InChI=1S/C49H47N/c1-47(2,3)33-24-26-34(27-25-33)50(35-28-29-38-36-16-8-11-22-43(36)49(44(38)32-35)30-13-6-14-31-49)45-23-12-9-18-39(45)41-20-15-19-40-37-17-7-10-21-42(37)48(4,5)46(40)41/h7-12,15-29,32H,6,13-14,30-31H2,1-5H3. The molecular weight excluding hydrogens is 603 g/mol. The topological polar surface area (TPSA) is 3.24 Å². The molecule has 9 rings (SSSR count). The molecular formula is C49H47N. The highest BCUT2D eigenvalue weighted by Gasteiger charge is 2.44. The lowest BCUT2D eigenvalue weighted by atomic mass is 9.68. The van der Waals surface area contributed by atoms with Crippen LogP contribution in [0.5, 0.6) is 0 Å². The van der Waals surface area contributed by atoms with E-state index in [-0.39, 0.29) is 16.2 Å². The predicted molar refractivity (Wildman–Crippen MR) is 212 cm³/mol. The second-order valence-corrected chi connectivity index (χ2v) is 16.5. The van der Waals surface area contributed by atoms with Gasteiger partial charge in [-0.05, 0) is 104 Å². The first-order valence-corrected chi connectivity index (χ1v) is 18.7. The molecule has 3 aliphatic carbocycles. The van der Waals surface area contributed by atoms with E-state index in [0.717, 1.165) is 0 Å². The molecule has 1 nitrogen and oxygen atoms in total. The van der Waals surface area contributed by atoms with Crippen LogP contribution < -0.4 is 4.90 Å². The summed E-state index contributed by atoms with van der Waals surface area (Å²) in [4.78, 5) is 2.54. The third-order valence-corrected chi connectivity index (χ3v) is 12.2. The zero-order valence-corrected chi connectivity index (χ0v) is 30.2. The summed E-state index contributed by atoms with van der Waals surface area (Å²) in [5.74, 6) is 0. The number of nitrogens with zero attached hydrogens (tertiary/aromatic N) is 1. The molecule has 248 valence electrons. The minimum Gasteiger partial charge on any atom is -0.310 e. The number of hydrogen-bond acceptors (Lipinski definition) is 1. The van der Waals surface area contributed by atoms with Gasteiger partial charge in [-0.1, -0.05) is 157 Å². The largest absolute Gasteiger partial charge is 0.310 e. The quantitative estimate of drug-likeness (QED) is 0.184. The van der Waals surface area contributed by atoms with Gasteiger partial charge in [0.05, 0.1) is 5.69 Å². The molecule has 1 heteroatoms. The van der Waals surface area contributed by atoms with E-state index >= 15 is 0 Å². The van der Waals surface area contributed by atoms with Crippen molar-refractivity contribution in [2.75, 3.05) is 4.90 Å². The average molecular weight is 650 g/mol. The van der Waals surface area contributed by atoms with Crippen molar-refractivity contribution in [2.45, 2.75) is 83.0 Å². The second-order valence-electron chi connectivity index (χ2n) is 16.5. The highest BCUT2D eigenvalue weighted by molar-refractivity contribution is 5.95. The van der Waals surface area contributed by atoms with E-state index in [1.165, 1.54) is 110 Å². The van der Waals surface area contributed by atoms with Crippen LogP contribution in [0.1, 0.15) is 94.5 Å². The molecule has 0 aromatic heterocycles. The van der Waals surface area contributed by atoms with Crippen molar-refractivity contribution >= 4 is 17.1 Å². The SMILES string of the molecule is CC(C)(C)c1ccc(N(c2ccc3c(c2)C2(CCCCC2)c2ccccc2-3)c2ccccc2-c2cccc3c2C(C)(C)c2ccccc2-3)cc1. The number of fused-ring (bicyclic) bond motifs is 8.